The zero-order chi connectivity index (χ0) is 9.10. The van der Waals surface area contributed by atoms with E-state index in [2.05, 4.69) is 0 Å². The Bertz CT molecular complexity index is 312. The van der Waals surface area contributed by atoms with Gasteiger partial charge in [-0.15, -0.1) is 0 Å². The molecule has 0 unspecified atom stereocenters. The number of ether oxygens (including phenoxy) is 3. The molecule has 0 radical (unpaired) electrons. The van der Waals surface area contributed by atoms with E-state index in [4.69, 9.17) is 14.2 Å². The van der Waals surface area contributed by atoms with E-state index >= 15 is 0 Å². The predicted molar refractivity (Wildman–Crippen MR) is 47.0 cm³/mol. The van der Waals surface area contributed by atoms with E-state index < -0.39 is 0 Å². The van der Waals surface area contributed by atoms with Crippen LogP contribution in [0.15, 0.2) is 36.8 Å². The SMILES string of the molecule is COc1ccccc1C1OC=CO1. The second-order valence-corrected chi connectivity index (χ2v) is 2.62. The Morgan fingerprint density at radius 3 is 2.54 bits per heavy atom. The molecule has 0 bridgehead atoms. The molecule has 0 amide bonds. The van der Waals surface area contributed by atoms with Gasteiger partial charge in [-0.05, 0) is 12.1 Å². The average molecular weight is 178 g/mol. The maximum Gasteiger partial charge on any atom is 0.269 e. The molecule has 0 spiro atoms. The van der Waals surface area contributed by atoms with E-state index in [1.165, 1.54) is 12.5 Å². The van der Waals surface area contributed by atoms with Crippen molar-refractivity contribution in [2.45, 2.75) is 6.29 Å². The van der Waals surface area contributed by atoms with Crippen molar-refractivity contribution in [1.82, 2.24) is 0 Å². The Balaban J connectivity index is 2.27. The monoisotopic (exact) mass is 178 g/mol. The molecule has 0 N–H and O–H groups in total. The van der Waals surface area contributed by atoms with E-state index in [1.807, 2.05) is 24.3 Å². The molecule has 0 aliphatic carbocycles. The summed E-state index contributed by atoms with van der Waals surface area (Å²) in [7, 11) is 1.63. The molecule has 0 atom stereocenters. The van der Waals surface area contributed by atoms with E-state index in [0.717, 1.165) is 11.3 Å². The van der Waals surface area contributed by atoms with Crippen LogP contribution in [0.3, 0.4) is 0 Å². The standard InChI is InChI=1S/C10H10O3/c1-11-9-5-3-2-4-8(9)10-12-6-7-13-10/h2-7,10H,1H3. The Kier molecular flexibility index (Phi) is 2.08. The van der Waals surface area contributed by atoms with Gasteiger partial charge in [0.15, 0.2) is 0 Å². The van der Waals surface area contributed by atoms with Crippen molar-refractivity contribution in [3.05, 3.63) is 42.4 Å². The van der Waals surface area contributed by atoms with Gasteiger partial charge in [-0.25, -0.2) is 0 Å². The third kappa shape index (κ3) is 1.45. The van der Waals surface area contributed by atoms with Gasteiger partial charge in [0.2, 0.25) is 0 Å². The molecule has 2 rings (SSSR count). The molecular weight excluding hydrogens is 168 g/mol. The highest BCUT2D eigenvalue weighted by atomic mass is 16.7. The van der Waals surface area contributed by atoms with Crippen molar-refractivity contribution in [2.75, 3.05) is 7.11 Å². The number of rotatable bonds is 2. The van der Waals surface area contributed by atoms with Crippen LogP contribution < -0.4 is 4.74 Å². The first-order valence-corrected chi connectivity index (χ1v) is 4.00. The maximum absolute atomic E-state index is 5.20. The molecule has 0 aromatic heterocycles. The van der Waals surface area contributed by atoms with E-state index in [-0.39, 0.29) is 6.29 Å². The van der Waals surface area contributed by atoms with Crippen molar-refractivity contribution >= 4 is 0 Å². The summed E-state index contributed by atoms with van der Waals surface area (Å²) in [4.78, 5) is 0. The summed E-state index contributed by atoms with van der Waals surface area (Å²) < 4.78 is 15.6. The topological polar surface area (TPSA) is 27.7 Å². The van der Waals surface area contributed by atoms with Crippen LogP contribution in [0, 0.1) is 0 Å². The van der Waals surface area contributed by atoms with Crippen LogP contribution in [0.25, 0.3) is 0 Å². The van der Waals surface area contributed by atoms with Gasteiger partial charge in [0.25, 0.3) is 6.29 Å². The lowest BCUT2D eigenvalue weighted by Crippen LogP contribution is -2.00. The van der Waals surface area contributed by atoms with Gasteiger partial charge in [-0.2, -0.15) is 0 Å². The summed E-state index contributed by atoms with van der Waals surface area (Å²) in [5.74, 6) is 0.774. The summed E-state index contributed by atoms with van der Waals surface area (Å²) in [6, 6.07) is 7.62. The second kappa shape index (κ2) is 3.39. The number of hydrogen-bond donors (Lipinski definition) is 0. The maximum atomic E-state index is 5.20. The van der Waals surface area contributed by atoms with Crippen LogP contribution in [0.5, 0.6) is 5.75 Å². The van der Waals surface area contributed by atoms with Crippen molar-refractivity contribution in [2.24, 2.45) is 0 Å². The third-order valence-electron chi connectivity index (χ3n) is 1.85. The highest BCUT2D eigenvalue weighted by Gasteiger charge is 2.18. The molecule has 1 aliphatic heterocycles. The normalized spacial score (nSPS) is 15.2. The van der Waals surface area contributed by atoms with Crippen LogP contribution >= 0.6 is 0 Å². The van der Waals surface area contributed by atoms with Crippen LogP contribution in [-0.2, 0) is 9.47 Å². The average Bonchev–Trinajstić information content (AvgIpc) is 2.70. The van der Waals surface area contributed by atoms with Crippen molar-refractivity contribution in [3.8, 4) is 5.75 Å². The Hall–Kier alpha value is -1.64. The molecule has 1 aromatic rings. The van der Waals surface area contributed by atoms with Gasteiger partial charge in [0, 0.05) is 0 Å². The summed E-state index contributed by atoms with van der Waals surface area (Å²) in [6.07, 6.45) is 2.69. The first kappa shape index (κ1) is 7.98. The van der Waals surface area contributed by atoms with Gasteiger partial charge in [-0.3, -0.25) is 0 Å². The molecule has 0 fully saturated rings. The molecule has 1 aromatic carbocycles. The molecule has 68 valence electrons. The Morgan fingerprint density at radius 2 is 1.85 bits per heavy atom. The van der Waals surface area contributed by atoms with Crippen molar-refractivity contribution in [1.29, 1.82) is 0 Å². The summed E-state index contributed by atoms with van der Waals surface area (Å²) >= 11 is 0. The lowest BCUT2D eigenvalue weighted by atomic mass is 10.2. The minimum absolute atomic E-state index is 0.365. The fraction of sp³-hybridized carbons (Fsp3) is 0.200. The molecular formula is C10H10O3. The first-order chi connectivity index (χ1) is 6.42. The van der Waals surface area contributed by atoms with Gasteiger partial charge in [0.05, 0.1) is 12.7 Å². The van der Waals surface area contributed by atoms with Gasteiger partial charge < -0.3 is 14.2 Å². The summed E-state index contributed by atoms with van der Waals surface area (Å²) in [5, 5.41) is 0. The first-order valence-electron chi connectivity index (χ1n) is 4.00. The van der Waals surface area contributed by atoms with E-state index in [1.54, 1.807) is 7.11 Å². The number of benzene rings is 1. The van der Waals surface area contributed by atoms with Gasteiger partial charge >= 0.3 is 0 Å². The lowest BCUT2D eigenvalue weighted by Gasteiger charge is -2.13. The predicted octanol–water partition coefficient (Wildman–Crippen LogP) is 2.21. The molecule has 13 heavy (non-hydrogen) atoms. The minimum Gasteiger partial charge on any atom is -0.496 e. The smallest absolute Gasteiger partial charge is 0.269 e. The summed E-state index contributed by atoms with van der Waals surface area (Å²) in [5.41, 5.74) is 0.898. The van der Waals surface area contributed by atoms with Crippen LogP contribution in [0.4, 0.5) is 0 Å². The third-order valence-corrected chi connectivity index (χ3v) is 1.85. The van der Waals surface area contributed by atoms with Crippen LogP contribution in [0.1, 0.15) is 11.9 Å². The fourth-order valence-electron chi connectivity index (χ4n) is 1.25. The number of hydrogen-bond acceptors (Lipinski definition) is 3. The Morgan fingerprint density at radius 1 is 1.15 bits per heavy atom. The number of para-hydroxylation sites is 1. The highest BCUT2D eigenvalue weighted by molar-refractivity contribution is 5.34. The zero-order valence-electron chi connectivity index (χ0n) is 7.27. The van der Waals surface area contributed by atoms with Gasteiger partial charge in [0.1, 0.15) is 18.3 Å². The van der Waals surface area contributed by atoms with Crippen LogP contribution in [-0.4, -0.2) is 7.11 Å². The lowest BCUT2D eigenvalue weighted by molar-refractivity contribution is -0.0261. The van der Waals surface area contributed by atoms with Crippen molar-refractivity contribution < 1.29 is 14.2 Å². The fourth-order valence-corrected chi connectivity index (χ4v) is 1.25. The van der Waals surface area contributed by atoms with Crippen molar-refractivity contribution in [3.63, 3.8) is 0 Å². The summed E-state index contributed by atoms with van der Waals surface area (Å²) in [6.45, 7) is 0. The molecule has 3 heteroatoms. The zero-order valence-corrected chi connectivity index (χ0v) is 7.27. The van der Waals surface area contributed by atoms with Gasteiger partial charge in [-0.1, -0.05) is 12.1 Å². The molecule has 0 saturated carbocycles. The van der Waals surface area contributed by atoms with Crippen LogP contribution in [0.2, 0.25) is 0 Å². The molecule has 1 aliphatic rings. The number of methoxy groups -OCH3 is 1. The quantitative estimate of drug-likeness (QED) is 0.694. The van der Waals surface area contributed by atoms with E-state index in [9.17, 15) is 0 Å². The highest BCUT2D eigenvalue weighted by Crippen LogP contribution is 2.30. The Labute approximate surface area is 76.5 Å². The molecule has 1 heterocycles. The largest absolute Gasteiger partial charge is 0.496 e. The minimum atomic E-state index is -0.365. The molecule has 3 nitrogen and oxygen atoms in total. The van der Waals surface area contributed by atoms with E-state index in [0.29, 0.717) is 0 Å². The molecule has 0 saturated heterocycles. The second-order valence-electron chi connectivity index (χ2n) is 2.62.